The molecule has 1 aliphatic heterocycles. The number of hydrogen-bond acceptors (Lipinski definition) is 6. The Labute approximate surface area is 165 Å². The van der Waals surface area contributed by atoms with Crippen molar-refractivity contribution in [3.05, 3.63) is 66.2 Å². The quantitative estimate of drug-likeness (QED) is 0.577. The molecule has 1 saturated heterocycles. The SMILES string of the molecule is O=C(O)CC1S/C(=N/N=C/C=C\c2ccccc2)N(c2ccc(O)cc2)C1=O. The molecule has 1 fully saturated rings. The van der Waals surface area contributed by atoms with Crippen LogP contribution in [-0.4, -0.2) is 38.7 Å². The van der Waals surface area contributed by atoms with Crippen LogP contribution in [0.3, 0.4) is 0 Å². The van der Waals surface area contributed by atoms with Gasteiger partial charge >= 0.3 is 5.97 Å². The van der Waals surface area contributed by atoms with Gasteiger partial charge in [-0.2, -0.15) is 5.10 Å². The van der Waals surface area contributed by atoms with E-state index in [1.165, 1.54) is 23.2 Å². The van der Waals surface area contributed by atoms with Crippen LogP contribution in [0.25, 0.3) is 6.08 Å². The standard InChI is InChI=1S/C20H17N3O4S/c24-16-10-8-15(9-11-16)23-19(27)17(13-18(25)26)28-20(23)22-21-12-4-7-14-5-2-1-3-6-14/h1-12,17,24H,13H2,(H,25,26)/b7-4-,21-12+,22-20+. The van der Waals surface area contributed by atoms with Crippen LogP contribution in [0.5, 0.6) is 5.75 Å². The number of phenols is 1. The van der Waals surface area contributed by atoms with Crippen LogP contribution in [0.4, 0.5) is 5.69 Å². The zero-order valence-corrected chi connectivity index (χ0v) is 15.5. The van der Waals surface area contributed by atoms with Crippen molar-refractivity contribution in [2.75, 3.05) is 4.90 Å². The number of allylic oxidation sites excluding steroid dienone is 1. The summed E-state index contributed by atoms with van der Waals surface area (Å²) in [6.07, 6.45) is 4.77. The summed E-state index contributed by atoms with van der Waals surface area (Å²) in [5.41, 5.74) is 1.50. The Morgan fingerprint density at radius 3 is 2.54 bits per heavy atom. The summed E-state index contributed by atoms with van der Waals surface area (Å²) in [5, 5.41) is 26.0. The number of thioether (sulfide) groups is 1. The van der Waals surface area contributed by atoms with Gasteiger partial charge in [-0.3, -0.25) is 14.5 Å². The van der Waals surface area contributed by atoms with Gasteiger partial charge in [0, 0.05) is 6.21 Å². The molecule has 8 heteroatoms. The van der Waals surface area contributed by atoms with E-state index in [0.717, 1.165) is 17.3 Å². The van der Waals surface area contributed by atoms with E-state index < -0.39 is 11.2 Å². The van der Waals surface area contributed by atoms with Gasteiger partial charge in [0.1, 0.15) is 11.0 Å². The normalized spacial score (nSPS) is 18.6. The van der Waals surface area contributed by atoms with E-state index in [4.69, 9.17) is 5.11 Å². The lowest BCUT2D eigenvalue weighted by molar-refractivity contribution is -0.138. The smallest absolute Gasteiger partial charge is 0.305 e. The van der Waals surface area contributed by atoms with Crippen molar-refractivity contribution in [2.45, 2.75) is 11.7 Å². The Hall–Kier alpha value is -3.39. The molecule has 0 spiro atoms. The molecule has 28 heavy (non-hydrogen) atoms. The second kappa shape index (κ2) is 9.01. The summed E-state index contributed by atoms with van der Waals surface area (Å²) >= 11 is 1.05. The topological polar surface area (TPSA) is 103 Å². The van der Waals surface area contributed by atoms with Crippen LogP contribution in [0, 0.1) is 0 Å². The molecule has 1 unspecified atom stereocenters. The molecule has 2 aromatic carbocycles. The van der Waals surface area contributed by atoms with Crippen LogP contribution in [0.2, 0.25) is 0 Å². The molecule has 1 amide bonds. The first kappa shape index (κ1) is 19.4. The number of anilines is 1. The third-order valence-electron chi connectivity index (χ3n) is 3.79. The highest BCUT2D eigenvalue weighted by atomic mass is 32.2. The lowest BCUT2D eigenvalue weighted by Gasteiger charge is -2.15. The van der Waals surface area contributed by atoms with Gasteiger partial charge < -0.3 is 10.2 Å². The number of carbonyl (C=O) groups excluding carboxylic acids is 1. The zero-order valence-electron chi connectivity index (χ0n) is 14.7. The number of benzene rings is 2. The third kappa shape index (κ3) is 4.86. The summed E-state index contributed by atoms with van der Waals surface area (Å²) < 4.78 is 0. The van der Waals surface area contributed by atoms with E-state index in [0.29, 0.717) is 5.69 Å². The number of nitrogens with zero attached hydrogens (tertiary/aromatic N) is 3. The van der Waals surface area contributed by atoms with Crippen molar-refractivity contribution in [2.24, 2.45) is 10.2 Å². The maximum Gasteiger partial charge on any atom is 0.305 e. The van der Waals surface area contributed by atoms with Crippen LogP contribution in [-0.2, 0) is 9.59 Å². The predicted octanol–water partition coefficient (Wildman–Crippen LogP) is 3.37. The second-order valence-corrected chi connectivity index (χ2v) is 6.98. The first-order valence-corrected chi connectivity index (χ1v) is 9.27. The Morgan fingerprint density at radius 1 is 1.14 bits per heavy atom. The van der Waals surface area contributed by atoms with Crippen molar-refractivity contribution < 1.29 is 19.8 Å². The van der Waals surface area contributed by atoms with E-state index in [-0.39, 0.29) is 23.2 Å². The minimum Gasteiger partial charge on any atom is -0.508 e. The van der Waals surface area contributed by atoms with Gasteiger partial charge in [-0.15, -0.1) is 5.10 Å². The number of carboxylic acid groups (broad SMARTS) is 1. The number of amides is 1. The number of amidine groups is 1. The molecule has 1 atom stereocenters. The van der Waals surface area contributed by atoms with Crippen molar-refractivity contribution in [3.63, 3.8) is 0 Å². The van der Waals surface area contributed by atoms with E-state index in [9.17, 15) is 14.7 Å². The fourth-order valence-corrected chi connectivity index (χ4v) is 3.59. The van der Waals surface area contributed by atoms with Crippen molar-refractivity contribution in [3.8, 4) is 5.75 Å². The van der Waals surface area contributed by atoms with Crippen LogP contribution < -0.4 is 4.90 Å². The summed E-state index contributed by atoms with van der Waals surface area (Å²) in [6, 6.07) is 15.7. The van der Waals surface area contributed by atoms with Gasteiger partial charge in [0.2, 0.25) is 5.91 Å². The molecule has 0 saturated carbocycles. The number of aliphatic carboxylic acids is 1. The molecule has 7 nitrogen and oxygen atoms in total. The summed E-state index contributed by atoms with van der Waals surface area (Å²) in [5.74, 6) is -1.38. The van der Waals surface area contributed by atoms with Gasteiger partial charge in [0.25, 0.3) is 0 Å². The Bertz CT molecular complexity index is 940. The molecular weight excluding hydrogens is 378 g/mol. The molecular formula is C20H17N3O4S. The molecule has 0 radical (unpaired) electrons. The average Bonchev–Trinajstić information content (AvgIpc) is 2.98. The van der Waals surface area contributed by atoms with E-state index >= 15 is 0 Å². The average molecular weight is 395 g/mol. The summed E-state index contributed by atoms with van der Waals surface area (Å²) in [6.45, 7) is 0. The molecule has 2 aromatic rings. The molecule has 3 rings (SSSR count). The van der Waals surface area contributed by atoms with E-state index in [1.807, 2.05) is 36.4 Å². The Kier molecular flexibility index (Phi) is 6.23. The molecule has 0 aromatic heterocycles. The molecule has 0 aliphatic carbocycles. The van der Waals surface area contributed by atoms with Gasteiger partial charge in [-0.25, -0.2) is 0 Å². The first-order chi connectivity index (χ1) is 13.5. The second-order valence-electron chi connectivity index (χ2n) is 5.81. The third-order valence-corrected chi connectivity index (χ3v) is 4.91. The van der Waals surface area contributed by atoms with Gasteiger partial charge in [-0.05, 0) is 35.9 Å². The van der Waals surface area contributed by atoms with Crippen LogP contribution >= 0.6 is 11.8 Å². The number of carboxylic acids is 1. The summed E-state index contributed by atoms with van der Waals surface area (Å²) in [4.78, 5) is 25.0. The summed E-state index contributed by atoms with van der Waals surface area (Å²) in [7, 11) is 0. The lowest BCUT2D eigenvalue weighted by Crippen LogP contribution is -2.32. The minimum absolute atomic E-state index is 0.0627. The Morgan fingerprint density at radius 2 is 1.86 bits per heavy atom. The highest BCUT2D eigenvalue weighted by Gasteiger charge is 2.40. The molecule has 1 aliphatic rings. The van der Waals surface area contributed by atoms with Crippen molar-refractivity contribution in [1.29, 1.82) is 0 Å². The molecule has 0 bridgehead atoms. The maximum absolute atomic E-state index is 12.6. The zero-order chi connectivity index (χ0) is 19.9. The van der Waals surface area contributed by atoms with Crippen molar-refractivity contribution >= 4 is 46.8 Å². The number of hydrogen-bond donors (Lipinski definition) is 2. The van der Waals surface area contributed by atoms with Crippen LogP contribution in [0.15, 0.2) is 70.9 Å². The van der Waals surface area contributed by atoms with Gasteiger partial charge in [0.15, 0.2) is 5.17 Å². The highest BCUT2D eigenvalue weighted by molar-refractivity contribution is 8.16. The molecule has 1 heterocycles. The fraction of sp³-hybridized carbons (Fsp3) is 0.100. The van der Waals surface area contributed by atoms with E-state index in [1.54, 1.807) is 18.2 Å². The maximum atomic E-state index is 12.6. The molecule has 142 valence electrons. The van der Waals surface area contributed by atoms with Crippen LogP contribution in [0.1, 0.15) is 12.0 Å². The van der Waals surface area contributed by atoms with Crippen molar-refractivity contribution in [1.82, 2.24) is 0 Å². The minimum atomic E-state index is -1.06. The highest BCUT2D eigenvalue weighted by Crippen LogP contribution is 2.34. The lowest BCUT2D eigenvalue weighted by atomic mass is 10.2. The number of phenolic OH excluding ortho intramolecular Hbond substituents is 1. The Balaban J connectivity index is 1.80. The van der Waals surface area contributed by atoms with Gasteiger partial charge in [-0.1, -0.05) is 48.2 Å². The monoisotopic (exact) mass is 395 g/mol. The molecule has 2 N–H and O–H groups in total. The number of rotatable bonds is 6. The first-order valence-electron chi connectivity index (χ1n) is 8.39. The van der Waals surface area contributed by atoms with E-state index in [2.05, 4.69) is 10.2 Å². The predicted molar refractivity (Wildman–Crippen MR) is 111 cm³/mol. The number of aromatic hydroxyl groups is 1. The largest absolute Gasteiger partial charge is 0.508 e. The number of carbonyl (C=O) groups is 2. The van der Waals surface area contributed by atoms with Gasteiger partial charge in [0.05, 0.1) is 12.1 Å². The fourth-order valence-electron chi connectivity index (χ4n) is 2.50.